The van der Waals surface area contributed by atoms with Crippen LogP contribution in [0.5, 0.6) is 0 Å². The Morgan fingerprint density at radius 3 is 2.47 bits per heavy atom. The second-order valence-corrected chi connectivity index (χ2v) is 7.36. The number of hydrogen-bond acceptors (Lipinski definition) is 4. The second-order valence-electron chi connectivity index (χ2n) is 6.47. The Labute approximate surface area is 119 Å². The maximum Gasteiger partial charge on any atom is 0.357 e. The fourth-order valence-electron chi connectivity index (χ4n) is 3.02. The molecule has 1 fully saturated rings. The molecule has 0 unspecified atom stereocenters. The summed E-state index contributed by atoms with van der Waals surface area (Å²) in [7, 11) is 1.42. The van der Waals surface area contributed by atoms with E-state index in [1.165, 1.54) is 20.0 Å². The average Bonchev–Trinajstić information content (AvgIpc) is 2.86. The van der Waals surface area contributed by atoms with Gasteiger partial charge >= 0.3 is 5.97 Å². The first kappa shape index (κ1) is 14.5. The lowest BCUT2D eigenvalue weighted by atomic mass is 9.69. The van der Waals surface area contributed by atoms with Crippen LogP contribution in [0.2, 0.25) is 0 Å². The summed E-state index contributed by atoms with van der Waals surface area (Å²) >= 11 is 1.60. The highest BCUT2D eigenvalue weighted by Gasteiger charge is 2.32. The molecule has 0 saturated heterocycles. The van der Waals surface area contributed by atoms with Crippen LogP contribution in [0.4, 0.5) is 0 Å². The van der Waals surface area contributed by atoms with Crippen molar-refractivity contribution in [1.29, 1.82) is 0 Å². The number of rotatable bonds is 2. The molecule has 0 radical (unpaired) electrons. The zero-order valence-corrected chi connectivity index (χ0v) is 13.0. The largest absolute Gasteiger partial charge is 0.464 e. The van der Waals surface area contributed by atoms with Crippen molar-refractivity contribution in [2.24, 2.45) is 11.3 Å². The number of ether oxygens (including phenoxy) is 1. The molecule has 0 aromatic carbocycles. The maximum absolute atomic E-state index is 11.7. The summed E-state index contributed by atoms with van der Waals surface area (Å²) in [6.07, 6.45) is 4.81. The number of esters is 1. The summed E-state index contributed by atoms with van der Waals surface area (Å²) in [5.74, 6) is 0.979. The van der Waals surface area contributed by atoms with E-state index in [2.05, 4.69) is 25.8 Å². The lowest BCUT2D eigenvalue weighted by Gasteiger charge is -2.36. The standard InChI is InChI=1S/C15H23NO2S/c1-15(2,3)11-7-5-10(6-8-11)13-12(14(17)18-4)16-9-19-13/h9-11H,5-8H2,1-4H3. The number of methoxy groups -OCH3 is 1. The number of hydrogen-bond donors (Lipinski definition) is 0. The minimum absolute atomic E-state index is 0.297. The quantitative estimate of drug-likeness (QED) is 0.761. The van der Waals surface area contributed by atoms with Crippen LogP contribution in [-0.4, -0.2) is 18.1 Å². The highest BCUT2D eigenvalue weighted by Crippen LogP contribution is 2.44. The predicted octanol–water partition coefficient (Wildman–Crippen LogP) is 4.25. The van der Waals surface area contributed by atoms with Crippen molar-refractivity contribution < 1.29 is 9.53 Å². The molecule has 0 bridgehead atoms. The fourth-order valence-corrected chi connectivity index (χ4v) is 3.96. The number of carbonyl (C=O) groups excluding carboxylic acids is 1. The second kappa shape index (κ2) is 5.61. The normalized spacial score (nSPS) is 24.2. The Balaban J connectivity index is 2.06. The van der Waals surface area contributed by atoms with Gasteiger partial charge in [-0.3, -0.25) is 0 Å². The van der Waals surface area contributed by atoms with Crippen molar-refractivity contribution in [2.75, 3.05) is 7.11 Å². The van der Waals surface area contributed by atoms with E-state index >= 15 is 0 Å². The molecule has 2 rings (SSSR count). The first-order chi connectivity index (χ1) is 8.93. The number of nitrogens with zero attached hydrogens (tertiary/aromatic N) is 1. The van der Waals surface area contributed by atoms with E-state index in [9.17, 15) is 4.79 Å². The molecule has 1 aromatic heterocycles. The zero-order chi connectivity index (χ0) is 14.0. The molecule has 1 saturated carbocycles. The molecule has 4 heteroatoms. The SMILES string of the molecule is COC(=O)c1ncsc1C1CCC(C(C)(C)C)CC1. The van der Waals surface area contributed by atoms with Crippen molar-refractivity contribution in [3.05, 3.63) is 16.1 Å². The lowest BCUT2D eigenvalue weighted by molar-refractivity contribution is 0.0592. The van der Waals surface area contributed by atoms with Crippen LogP contribution in [0, 0.1) is 11.3 Å². The first-order valence-corrected chi connectivity index (χ1v) is 7.83. The Kier molecular flexibility index (Phi) is 4.29. The van der Waals surface area contributed by atoms with E-state index in [-0.39, 0.29) is 5.97 Å². The molecule has 1 aliphatic rings. The van der Waals surface area contributed by atoms with Crippen LogP contribution in [-0.2, 0) is 4.74 Å². The van der Waals surface area contributed by atoms with Gasteiger partial charge in [0.25, 0.3) is 0 Å². The summed E-state index contributed by atoms with van der Waals surface area (Å²) in [5.41, 5.74) is 2.69. The van der Waals surface area contributed by atoms with Crippen molar-refractivity contribution in [2.45, 2.75) is 52.4 Å². The Hall–Kier alpha value is -0.900. The minimum Gasteiger partial charge on any atom is -0.464 e. The smallest absolute Gasteiger partial charge is 0.357 e. The third-order valence-corrected chi connectivity index (χ3v) is 5.29. The van der Waals surface area contributed by atoms with Gasteiger partial charge in [0.05, 0.1) is 12.6 Å². The molecule has 1 heterocycles. The van der Waals surface area contributed by atoms with E-state index in [0.29, 0.717) is 17.0 Å². The van der Waals surface area contributed by atoms with Gasteiger partial charge in [-0.1, -0.05) is 20.8 Å². The molecule has 19 heavy (non-hydrogen) atoms. The predicted molar refractivity (Wildman–Crippen MR) is 77.6 cm³/mol. The summed E-state index contributed by atoms with van der Waals surface area (Å²) in [6.45, 7) is 6.97. The molecule has 1 aliphatic carbocycles. The Morgan fingerprint density at radius 1 is 1.32 bits per heavy atom. The summed E-state index contributed by atoms with van der Waals surface area (Å²) < 4.78 is 4.81. The van der Waals surface area contributed by atoms with E-state index < -0.39 is 0 Å². The third-order valence-electron chi connectivity index (χ3n) is 4.30. The van der Waals surface area contributed by atoms with Crippen molar-refractivity contribution in [3.63, 3.8) is 0 Å². The van der Waals surface area contributed by atoms with Crippen LogP contribution < -0.4 is 0 Å². The Bertz CT molecular complexity index is 439. The monoisotopic (exact) mass is 281 g/mol. The van der Waals surface area contributed by atoms with Gasteiger partial charge in [-0.25, -0.2) is 9.78 Å². The molecule has 0 amide bonds. The summed E-state index contributed by atoms with van der Waals surface area (Å²) in [5, 5.41) is 0. The molecule has 1 aromatic rings. The molecule has 0 aliphatic heterocycles. The molecular weight excluding hydrogens is 258 g/mol. The maximum atomic E-state index is 11.7. The Morgan fingerprint density at radius 2 is 1.95 bits per heavy atom. The van der Waals surface area contributed by atoms with E-state index in [4.69, 9.17) is 4.74 Å². The van der Waals surface area contributed by atoms with Gasteiger partial charge in [0.2, 0.25) is 0 Å². The van der Waals surface area contributed by atoms with Gasteiger partial charge in [-0.2, -0.15) is 0 Å². The average molecular weight is 281 g/mol. The molecule has 106 valence electrons. The molecule has 0 N–H and O–H groups in total. The number of thiazole rings is 1. The van der Waals surface area contributed by atoms with Gasteiger partial charge < -0.3 is 4.74 Å². The molecule has 3 nitrogen and oxygen atoms in total. The number of aromatic nitrogens is 1. The van der Waals surface area contributed by atoms with E-state index in [1.54, 1.807) is 16.8 Å². The fraction of sp³-hybridized carbons (Fsp3) is 0.733. The minimum atomic E-state index is -0.297. The van der Waals surface area contributed by atoms with Crippen LogP contribution in [0.25, 0.3) is 0 Å². The van der Waals surface area contributed by atoms with Crippen LogP contribution in [0.3, 0.4) is 0 Å². The summed E-state index contributed by atoms with van der Waals surface area (Å²) in [4.78, 5) is 17.0. The molecule has 0 atom stereocenters. The first-order valence-electron chi connectivity index (χ1n) is 6.95. The van der Waals surface area contributed by atoms with Gasteiger partial charge in [0, 0.05) is 4.88 Å². The molecular formula is C15H23NO2S. The van der Waals surface area contributed by atoms with E-state index in [1.807, 2.05) is 0 Å². The van der Waals surface area contributed by atoms with Crippen molar-refractivity contribution in [3.8, 4) is 0 Å². The van der Waals surface area contributed by atoms with Gasteiger partial charge in [-0.05, 0) is 42.9 Å². The van der Waals surface area contributed by atoms with Crippen LogP contribution >= 0.6 is 11.3 Å². The highest BCUT2D eigenvalue weighted by atomic mass is 32.1. The highest BCUT2D eigenvalue weighted by molar-refractivity contribution is 7.10. The van der Waals surface area contributed by atoms with Gasteiger partial charge in [0.1, 0.15) is 0 Å². The number of carbonyl (C=O) groups is 1. The molecule has 0 spiro atoms. The zero-order valence-electron chi connectivity index (χ0n) is 12.2. The van der Waals surface area contributed by atoms with Crippen LogP contribution in [0.1, 0.15) is 67.7 Å². The van der Waals surface area contributed by atoms with Crippen molar-refractivity contribution in [1.82, 2.24) is 4.98 Å². The van der Waals surface area contributed by atoms with E-state index in [0.717, 1.165) is 23.6 Å². The lowest BCUT2D eigenvalue weighted by Crippen LogP contribution is -2.25. The van der Waals surface area contributed by atoms with Crippen LogP contribution in [0.15, 0.2) is 5.51 Å². The summed E-state index contributed by atoms with van der Waals surface area (Å²) in [6, 6.07) is 0. The van der Waals surface area contributed by atoms with Crippen molar-refractivity contribution >= 4 is 17.3 Å². The third kappa shape index (κ3) is 3.16. The van der Waals surface area contributed by atoms with Gasteiger partial charge in [-0.15, -0.1) is 11.3 Å². The topological polar surface area (TPSA) is 39.2 Å². The van der Waals surface area contributed by atoms with Gasteiger partial charge in [0.15, 0.2) is 5.69 Å².